The number of hydrogen-bond donors (Lipinski definition) is 3. The van der Waals surface area contributed by atoms with Crippen molar-refractivity contribution < 1.29 is 10.3 Å². The number of oxime groups is 1. The van der Waals surface area contributed by atoms with Crippen molar-refractivity contribution >= 4 is 11.7 Å². The zero-order chi connectivity index (χ0) is 14.5. The maximum Gasteiger partial charge on any atom is 0.174 e. The first-order valence-corrected chi connectivity index (χ1v) is 7.00. The number of hydrogen-bond acceptors (Lipinski definition) is 5. The number of nitrogens with two attached hydrogens (primary N) is 1. The minimum absolute atomic E-state index is 0.0573. The van der Waals surface area contributed by atoms with Crippen molar-refractivity contribution in [1.82, 2.24) is 4.98 Å². The predicted molar refractivity (Wildman–Crippen MR) is 78.2 cm³/mol. The standard InChI is InChI=1S/C14H22N4O2/c1-10-6-7-16-14(12(10)13(15)17-20)18(8-9-19)11-4-2-3-5-11/h6-7,11,19-20H,2-5,8-9H2,1H3,(H2,15,17). The monoisotopic (exact) mass is 278 g/mol. The normalized spacial score (nSPS) is 16.6. The van der Waals surface area contributed by atoms with Crippen molar-refractivity contribution in [2.45, 2.75) is 38.6 Å². The summed E-state index contributed by atoms with van der Waals surface area (Å²) < 4.78 is 0. The van der Waals surface area contributed by atoms with Crippen molar-refractivity contribution in [3.05, 3.63) is 23.4 Å². The van der Waals surface area contributed by atoms with Gasteiger partial charge in [0, 0.05) is 18.8 Å². The summed E-state index contributed by atoms with van der Waals surface area (Å²) in [6.45, 7) is 2.47. The summed E-state index contributed by atoms with van der Waals surface area (Å²) in [5.41, 5.74) is 7.36. The highest BCUT2D eigenvalue weighted by molar-refractivity contribution is 6.02. The van der Waals surface area contributed by atoms with Crippen molar-refractivity contribution in [3.8, 4) is 0 Å². The highest BCUT2D eigenvalue weighted by Gasteiger charge is 2.26. The van der Waals surface area contributed by atoms with E-state index in [-0.39, 0.29) is 12.4 Å². The molecule has 1 fully saturated rings. The van der Waals surface area contributed by atoms with E-state index in [1.165, 1.54) is 12.8 Å². The molecule has 0 radical (unpaired) electrons. The van der Waals surface area contributed by atoms with E-state index in [1.807, 2.05) is 13.0 Å². The molecule has 1 heterocycles. The zero-order valence-corrected chi connectivity index (χ0v) is 11.8. The third kappa shape index (κ3) is 2.85. The molecule has 6 nitrogen and oxygen atoms in total. The molecule has 1 aromatic rings. The van der Waals surface area contributed by atoms with Crippen molar-refractivity contribution in [3.63, 3.8) is 0 Å². The van der Waals surface area contributed by atoms with Gasteiger partial charge in [0.25, 0.3) is 0 Å². The zero-order valence-electron chi connectivity index (χ0n) is 11.8. The molecule has 0 bridgehead atoms. The highest BCUT2D eigenvalue weighted by atomic mass is 16.4. The van der Waals surface area contributed by atoms with Crippen LogP contribution in [0.2, 0.25) is 0 Å². The fourth-order valence-corrected chi connectivity index (χ4v) is 2.91. The molecule has 2 rings (SSSR count). The maximum absolute atomic E-state index is 9.33. The van der Waals surface area contributed by atoms with Gasteiger partial charge in [-0.2, -0.15) is 0 Å². The molecule has 0 saturated heterocycles. The van der Waals surface area contributed by atoms with Crippen LogP contribution in [0, 0.1) is 6.92 Å². The van der Waals surface area contributed by atoms with Gasteiger partial charge in [0.1, 0.15) is 5.82 Å². The van der Waals surface area contributed by atoms with Gasteiger partial charge < -0.3 is 20.9 Å². The van der Waals surface area contributed by atoms with E-state index in [0.29, 0.717) is 24.0 Å². The molecule has 0 atom stereocenters. The number of pyridine rings is 1. The van der Waals surface area contributed by atoms with Gasteiger partial charge in [-0.25, -0.2) is 4.98 Å². The van der Waals surface area contributed by atoms with Crippen LogP contribution in [0.3, 0.4) is 0 Å². The lowest BCUT2D eigenvalue weighted by Gasteiger charge is -2.31. The first kappa shape index (κ1) is 14.6. The molecule has 6 heteroatoms. The molecule has 0 amide bonds. The largest absolute Gasteiger partial charge is 0.409 e. The molecule has 0 unspecified atom stereocenters. The third-order valence-electron chi connectivity index (χ3n) is 3.88. The highest BCUT2D eigenvalue weighted by Crippen LogP contribution is 2.30. The van der Waals surface area contributed by atoms with Crippen LogP contribution in [0.25, 0.3) is 0 Å². The SMILES string of the molecule is Cc1ccnc(N(CCO)C2CCCC2)c1/C(N)=N/O. The first-order chi connectivity index (χ1) is 9.69. The lowest BCUT2D eigenvalue weighted by atomic mass is 10.1. The summed E-state index contributed by atoms with van der Waals surface area (Å²) in [6, 6.07) is 2.20. The summed E-state index contributed by atoms with van der Waals surface area (Å²) in [6.07, 6.45) is 6.28. The van der Waals surface area contributed by atoms with E-state index in [4.69, 9.17) is 10.9 Å². The van der Waals surface area contributed by atoms with Crippen LogP contribution in [0.1, 0.15) is 36.8 Å². The molecule has 1 aliphatic rings. The van der Waals surface area contributed by atoms with Crippen LogP contribution in [0.5, 0.6) is 0 Å². The summed E-state index contributed by atoms with van der Waals surface area (Å²) in [5.74, 6) is 0.757. The van der Waals surface area contributed by atoms with Gasteiger partial charge in [0.15, 0.2) is 5.84 Å². The molecule has 1 saturated carbocycles. The Hall–Kier alpha value is -1.82. The Bertz CT molecular complexity index is 484. The molecular weight excluding hydrogens is 256 g/mol. The minimum Gasteiger partial charge on any atom is -0.409 e. The Morgan fingerprint density at radius 2 is 2.20 bits per heavy atom. The smallest absolute Gasteiger partial charge is 0.174 e. The summed E-state index contributed by atoms with van der Waals surface area (Å²) in [7, 11) is 0. The van der Waals surface area contributed by atoms with Gasteiger partial charge in [-0.15, -0.1) is 0 Å². The van der Waals surface area contributed by atoms with E-state index in [9.17, 15) is 5.11 Å². The van der Waals surface area contributed by atoms with E-state index in [2.05, 4.69) is 15.0 Å². The lowest BCUT2D eigenvalue weighted by Crippen LogP contribution is -2.38. The number of aliphatic hydroxyl groups excluding tert-OH is 1. The second-order valence-electron chi connectivity index (χ2n) is 5.17. The number of nitrogens with zero attached hydrogens (tertiary/aromatic N) is 3. The first-order valence-electron chi connectivity index (χ1n) is 7.00. The molecule has 1 aromatic heterocycles. The minimum atomic E-state index is 0.0573. The fraction of sp³-hybridized carbons (Fsp3) is 0.571. The van der Waals surface area contributed by atoms with Crippen LogP contribution < -0.4 is 10.6 Å². The van der Waals surface area contributed by atoms with Crippen LogP contribution in [-0.2, 0) is 0 Å². The van der Waals surface area contributed by atoms with Crippen molar-refractivity contribution in [2.24, 2.45) is 10.9 Å². The van der Waals surface area contributed by atoms with E-state index in [0.717, 1.165) is 18.4 Å². The number of aryl methyl sites for hydroxylation is 1. The number of aliphatic hydroxyl groups is 1. The number of anilines is 1. The van der Waals surface area contributed by atoms with Gasteiger partial charge >= 0.3 is 0 Å². The van der Waals surface area contributed by atoms with Crippen LogP contribution in [0.4, 0.5) is 5.82 Å². The molecular formula is C14H22N4O2. The van der Waals surface area contributed by atoms with Crippen LogP contribution in [-0.4, -0.2) is 40.3 Å². The van der Waals surface area contributed by atoms with Gasteiger partial charge in [-0.1, -0.05) is 18.0 Å². The third-order valence-corrected chi connectivity index (χ3v) is 3.88. The van der Waals surface area contributed by atoms with Gasteiger partial charge in [0.05, 0.1) is 12.2 Å². The predicted octanol–water partition coefficient (Wildman–Crippen LogP) is 1.23. The summed E-state index contributed by atoms with van der Waals surface area (Å²) in [5, 5.41) is 21.4. The fourth-order valence-electron chi connectivity index (χ4n) is 2.91. The van der Waals surface area contributed by atoms with Gasteiger partial charge in [-0.3, -0.25) is 0 Å². The lowest BCUT2D eigenvalue weighted by molar-refractivity contribution is 0.296. The average Bonchev–Trinajstić information content (AvgIpc) is 2.97. The molecule has 0 aromatic carbocycles. The molecule has 0 aliphatic heterocycles. The molecule has 110 valence electrons. The topological polar surface area (TPSA) is 95.0 Å². The second kappa shape index (κ2) is 6.56. The Labute approximate surface area is 118 Å². The maximum atomic E-state index is 9.33. The molecule has 1 aliphatic carbocycles. The van der Waals surface area contributed by atoms with Gasteiger partial charge in [0.2, 0.25) is 0 Å². The summed E-state index contributed by atoms with van der Waals surface area (Å²) >= 11 is 0. The number of aromatic nitrogens is 1. The van der Waals surface area contributed by atoms with Crippen molar-refractivity contribution in [2.75, 3.05) is 18.1 Å². The summed E-state index contributed by atoms with van der Waals surface area (Å²) in [4.78, 5) is 6.51. The Morgan fingerprint density at radius 1 is 1.50 bits per heavy atom. The Balaban J connectivity index is 2.44. The number of amidine groups is 1. The van der Waals surface area contributed by atoms with Crippen LogP contribution in [0.15, 0.2) is 17.4 Å². The van der Waals surface area contributed by atoms with E-state index >= 15 is 0 Å². The van der Waals surface area contributed by atoms with Crippen LogP contribution >= 0.6 is 0 Å². The van der Waals surface area contributed by atoms with Crippen molar-refractivity contribution in [1.29, 1.82) is 0 Å². The quantitative estimate of drug-likeness (QED) is 0.326. The molecule has 4 N–H and O–H groups in total. The molecule has 20 heavy (non-hydrogen) atoms. The molecule has 0 spiro atoms. The number of rotatable bonds is 5. The Kier molecular flexibility index (Phi) is 4.79. The van der Waals surface area contributed by atoms with E-state index < -0.39 is 0 Å². The second-order valence-corrected chi connectivity index (χ2v) is 5.17. The van der Waals surface area contributed by atoms with E-state index in [1.54, 1.807) is 6.20 Å². The Morgan fingerprint density at radius 3 is 2.80 bits per heavy atom. The average molecular weight is 278 g/mol. The van der Waals surface area contributed by atoms with Gasteiger partial charge in [-0.05, 0) is 31.4 Å².